The summed E-state index contributed by atoms with van der Waals surface area (Å²) in [5.41, 5.74) is 1.84. The summed E-state index contributed by atoms with van der Waals surface area (Å²) in [6, 6.07) is 6.74. The van der Waals surface area contributed by atoms with E-state index in [0.717, 1.165) is 36.3 Å². The van der Waals surface area contributed by atoms with E-state index in [1.807, 2.05) is 12.1 Å². The topological polar surface area (TPSA) is 53.0 Å². The molecule has 5 fully saturated rings. The van der Waals surface area contributed by atoms with E-state index in [0.29, 0.717) is 11.7 Å². The number of carbonyl (C=O) groups is 1. The highest BCUT2D eigenvalue weighted by Gasteiger charge is 2.76. The van der Waals surface area contributed by atoms with Gasteiger partial charge in [-0.3, -0.25) is 9.69 Å². The number of likely N-dealkylation sites (N-methyl/N-ethyl adjacent to an activating group) is 1. The number of benzene rings is 1. The van der Waals surface area contributed by atoms with Crippen molar-refractivity contribution < 1.29 is 14.6 Å². The third kappa shape index (κ3) is 1.34. The summed E-state index contributed by atoms with van der Waals surface area (Å²) in [7, 11) is 3.81. The van der Waals surface area contributed by atoms with Gasteiger partial charge in [0.25, 0.3) is 0 Å². The number of carbonyl (C=O) groups excluding carboxylic acids is 1. The summed E-state index contributed by atoms with van der Waals surface area (Å²) in [5.74, 6) is 1.96. The first-order chi connectivity index (χ1) is 12.6. The Hall–Kier alpha value is -1.59. The van der Waals surface area contributed by atoms with Crippen LogP contribution in [0.25, 0.3) is 0 Å². The summed E-state index contributed by atoms with van der Waals surface area (Å²) in [6.07, 6.45) is 2.44. The van der Waals surface area contributed by atoms with Crippen LogP contribution in [0.15, 0.2) is 18.2 Å². The van der Waals surface area contributed by atoms with Crippen molar-refractivity contribution in [3.05, 3.63) is 23.8 Å². The zero-order chi connectivity index (χ0) is 18.0. The number of hydrogen-bond acceptors (Lipinski definition) is 5. The van der Waals surface area contributed by atoms with Crippen LogP contribution in [0.5, 0.6) is 5.75 Å². The zero-order valence-corrected chi connectivity index (χ0v) is 15.6. The van der Waals surface area contributed by atoms with Crippen LogP contribution in [-0.4, -0.2) is 54.3 Å². The molecule has 5 aliphatic heterocycles. The Morgan fingerprint density at radius 2 is 2.15 bits per heavy atom. The van der Waals surface area contributed by atoms with E-state index in [1.54, 1.807) is 7.11 Å². The first kappa shape index (κ1) is 15.5. The van der Waals surface area contributed by atoms with Crippen LogP contribution in [0.2, 0.25) is 0 Å². The van der Waals surface area contributed by atoms with Crippen molar-refractivity contribution in [2.24, 2.45) is 17.8 Å². The second kappa shape index (κ2) is 4.63. The molecule has 1 aliphatic carbocycles. The lowest BCUT2D eigenvalue weighted by molar-refractivity contribution is -0.207. The highest BCUT2D eigenvalue weighted by atomic mass is 16.5. The fourth-order valence-corrected chi connectivity index (χ4v) is 7.81. The van der Waals surface area contributed by atoms with E-state index in [2.05, 4.69) is 29.8 Å². The molecule has 6 aliphatic rings. The Morgan fingerprint density at radius 3 is 2.88 bits per heavy atom. The van der Waals surface area contributed by atoms with E-state index >= 15 is 0 Å². The maximum atomic E-state index is 13.9. The summed E-state index contributed by atoms with van der Waals surface area (Å²) in [4.78, 5) is 18.6. The number of nitrogens with zero attached hydrogens (tertiary/aromatic N) is 2. The van der Waals surface area contributed by atoms with E-state index in [-0.39, 0.29) is 30.0 Å². The molecule has 1 saturated carbocycles. The number of Topliss-reactive ketones (excluding diaryl/α,β-unsaturated/α-hetero) is 1. The molecule has 138 valence electrons. The minimum absolute atomic E-state index is 0.0927. The van der Waals surface area contributed by atoms with Gasteiger partial charge in [-0.25, -0.2) is 0 Å². The number of piperidine rings is 4. The Balaban J connectivity index is 1.60. The number of methoxy groups -OCH3 is 1. The van der Waals surface area contributed by atoms with Crippen LogP contribution >= 0.6 is 0 Å². The number of hydrogen-bond donors (Lipinski definition) is 1. The molecule has 1 spiro atoms. The van der Waals surface area contributed by atoms with Gasteiger partial charge in [-0.15, -0.1) is 0 Å². The Labute approximate surface area is 153 Å². The zero-order valence-electron chi connectivity index (χ0n) is 15.6. The van der Waals surface area contributed by atoms with E-state index in [4.69, 9.17) is 4.74 Å². The fraction of sp³-hybridized carbons (Fsp3) is 0.667. The maximum absolute atomic E-state index is 13.9. The molecule has 4 saturated heterocycles. The van der Waals surface area contributed by atoms with Crippen LogP contribution in [-0.2, 0) is 10.2 Å². The van der Waals surface area contributed by atoms with Gasteiger partial charge in [-0.05, 0) is 36.8 Å². The van der Waals surface area contributed by atoms with Gasteiger partial charge < -0.3 is 14.7 Å². The molecule has 0 radical (unpaired) electrons. The molecule has 1 aromatic rings. The van der Waals surface area contributed by atoms with Gasteiger partial charge >= 0.3 is 0 Å². The monoisotopic (exact) mass is 354 g/mol. The maximum Gasteiger partial charge on any atom is 0.150 e. The third-order valence-electron chi connectivity index (χ3n) is 8.48. The van der Waals surface area contributed by atoms with E-state index in [1.165, 1.54) is 0 Å². The van der Waals surface area contributed by atoms with Gasteiger partial charge in [0.1, 0.15) is 12.0 Å². The summed E-state index contributed by atoms with van der Waals surface area (Å²) in [6.45, 7) is 2.15. The van der Waals surface area contributed by atoms with E-state index < -0.39 is 11.6 Å². The molecule has 9 atom stereocenters. The molecule has 0 amide bonds. The number of ketones is 1. The predicted octanol–water partition coefficient (Wildman–Crippen LogP) is 1.77. The number of aliphatic hydroxyl groups excluding tert-OH is 1. The van der Waals surface area contributed by atoms with Crippen molar-refractivity contribution in [1.29, 1.82) is 0 Å². The first-order valence-corrected chi connectivity index (χ1v) is 9.96. The van der Waals surface area contributed by atoms with Crippen molar-refractivity contribution in [2.45, 2.75) is 56.0 Å². The lowest BCUT2D eigenvalue weighted by Crippen LogP contribution is -2.72. The van der Waals surface area contributed by atoms with Gasteiger partial charge in [0, 0.05) is 31.0 Å². The second-order valence-electron chi connectivity index (χ2n) is 8.94. The minimum Gasteiger partial charge on any atom is -0.495 e. The predicted molar refractivity (Wildman–Crippen MR) is 97.3 cm³/mol. The molecular weight excluding hydrogens is 328 g/mol. The Morgan fingerprint density at radius 1 is 1.35 bits per heavy atom. The summed E-state index contributed by atoms with van der Waals surface area (Å²) < 4.78 is 5.65. The SMILES string of the molecule is CC[C@H]1[C@@H]2C[C@H]3[C@@H]4N(C)c5c(OC)cccc5[C@]45C[C@@H]([C@H]2C5=O)N3[C@@H]1O. The van der Waals surface area contributed by atoms with Crippen molar-refractivity contribution in [3.63, 3.8) is 0 Å². The van der Waals surface area contributed by atoms with Crippen molar-refractivity contribution >= 4 is 11.5 Å². The minimum atomic E-state index is -0.410. The van der Waals surface area contributed by atoms with Gasteiger partial charge in [0.05, 0.1) is 24.3 Å². The number of rotatable bonds is 2. The third-order valence-corrected chi connectivity index (χ3v) is 8.48. The lowest BCUT2D eigenvalue weighted by Gasteiger charge is -2.62. The van der Waals surface area contributed by atoms with Gasteiger partial charge in [-0.1, -0.05) is 19.1 Å². The average molecular weight is 354 g/mol. The largest absolute Gasteiger partial charge is 0.495 e. The first-order valence-electron chi connectivity index (χ1n) is 9.96. The fourth-order valence-electron chi connectivity index (χ4n) is 7.81. The van der Waals surface area contributed by atoms with Gasteiger partial charge in [0.15, 0.2) is 5.78 Å². The molecule has 7 rings (SSSR count). The number of para-hydroxylation sites is 1. The van der Waals surface area contributed by atoms with E-state index in [9.17, 15) is 9.90 Å². The normalized spacial score (nSPS) is 49.5. The molecular formula is C21H26N2O3. The van der Waals surface area contributed by atoms with Gasteiger partial charge in [-0.2, -0.15) is 0 Å². The number of aliphatic hydroxyl groups is 1. The number of ether oxygens (including phenoxy) is 1. The standard InChI is InChI=1S/C21H26N2O3/c1-4-10-11-8-13-18-21(9-14(16(11)19(21)24)23(13)20(10)25)12-6-5-7-15(26-3)17(12)22(18)2/h5-7,10-11,13-14,16,18,20,25H,4,8-9H2,1-3H3/t10-,11-,13-,14-,16-,18-,20+,21+/m0/s1. The summed E-state index contributed by atoms with van der Waals surface area (Å²) in [5, 5.41) is 11.1. The van der Waals surface area contributed by atoms with Crippen LogP contribution < -0.4 is 9.64 Å². The van der Waals surface area contributed by atoms with Crippen LogP contribution in [0.1, 0.15) is 31.7 Å². The van der Waals surface area contributed by atoms with Crippen LogP contribution in [0, 0.1) is 17.8 Å². The Bertz CT molecular complexity index is 825. The molecule has 1 unspecified atom stereocenters. The van der Waals surface area contributed by atoms with Crippen molar-refractivity contribution in [2.75, 3.05) is 19.1 Å². The highest BCUT2D eigenvalue weighted by Crippen LogP contribution is 2.68. The second-order valence-corrected chi connectivity index (χ2v) is 8.94. The van der Waals surface area contributed by atoms with Crippen LogP contribution in [0.3, 0.4) is 0 Å². The quantitative estimate of drug-likeness (QED) is 0.877. The molecule has 5 bridgehead atoms. The smallest absolute Gasteiger partial charge is 0.150 e. The Kier molecular flexibility index (Phi) is 2.75. The number of anilines is 1. The molecule has 5 nitrogen and oxygen atoms in total. The molecule has 5 heteroatoms. The highest BCUT2D eigenvalue weighted by molar-refractivity contribution is 6.02. The molecule has 0 aromatic heterocycles. The lowest BCUT2D eigenvalue weighted by atomic mass is 9.62. The molecule has 26 heavy (non-hydrogen) atoms. The van der Waals surface area contributed by atoms with Crippen molar-refractivity contribution in [1.82, 2.24) is 4.90 Å². The number of fused-ring (bicyclic) bond motifs is 2. The summed E-state index contributed by atoms with van der Waals surface area (Å²) >= 11 is 0. The average Bonchev–Trinajstić information content (AvgIpc) is 3.03. The van der Waals surface area contributed by atoms with Crippen LogP contribution in [0.4, 0.5) is 5.69 Å². The molecule has 5 heterocycles. The molecule has 1 N–H and O–H groups in total. The van der Waals surface area contributed by atoms with Gasteiger partial charge in [0.2, 0.25) is 0 Å². The van der Waals surface area contributed by atoms with Crippen molar-refractivity contribution in [3.8, 4) is 5.75 Å². The molecule has 1 aromatic carbocycles.